The second-order valence-electron chi connectivity index (χ2n) is 8.57. The third kappa shape index (κ3) is 4.75. The topological polar surface area (TPSA) is 99.0 Å². The molecular weight excluding hydrogens is 501 g/mol. The number of nitrogens with zero attached hydrogens (tertiary/aromatic N) is 4. The van der Waals surface area contributed by atoms with E-state index in [9.17, 15) is 18.1 Å². The predicted octanol–water partition coefficient (Wildman–Crippen LogP) is 5.23. The van der Waals surface area contributed by atoms with Crippen LogP contribution in [0.2, 0.25) is 5.15 Å². The second kappa shape index (κ2) is 9.82. The molecule has 1 aliphatic rings. The fourth-order valence-electron chi connectivity index (χ4n) is 4.40. The van der Waals surface area contributed by atoms with Crippen LogP contribution < -0.4 is 5.32 Å². The number of rotatable bonds is 5. The highest BCUT2D eigenvalue weighted by Crippen LogP contribution is 2.33. The van der Waals surface area contributed by atoms with Crippen LogP contribution in [-0.4, -0.2) is 41.8 Å². The van der Waals surface area contributed by atoms with E-state index in [0.29, 0.717) is 25.9 Å². The van der Waals surface area contributed by atoms with Crippen molar-refractivity contribution >= 4 is 38.1 Å². The van der Waals surface area contributed by atoms with Gasteiger partial charge < -0.3 is 5.32 Å². The van der Waals surface area contributed by atoms with Crippen molar-refractivity contribution < 1.29 is 12.8 Å². The number of halogens is 2. The average Bonchev–Trinajstić information content (AvgIpc) is 2.89. The van der Waals surface area contributed by atoms with E-state index in [1.165, 1.54) is 34.8 Å². The van der Waals surface area contributed by atoms with Gasteiger partial charge in [0.05, 0.1) is 5.56 Å². The molecule has 36 heavy (non-hydrogen) atoms. The molecule has 2 aromatic heterocycles. The van der Waals surface area contributed by atoms with Crippen LogP contribution >= 0.6 is 11.6 Å². The molecule has 7 nitrogen and oxygen atoms in total. The molecule has 10 heteroatoms. The van der Waals surface area contributed by atoms with Crippen LogP contribution in [0.4, 0.5) is 10.1 Å². The lowest BCUT2D eigenvalue weighted by atomic mass is 9.98. The number of benzene rings is 2. The van der Waals surface area contributed by atoms with Crippen LogP contribution in [-0.2, 0) is 10.0 Å². The number of nitriles is 1. The van der Waals surface area contributed by atoms with E-state index >= 15 is 0 Å². The molecule has 1 N–H and O–H groups in total. The Balaban J connectivity index is 1.38. The fraction of sp³-hybridized carbons (Fsp3) is 0.192. The van der Waals surface area contributed by atoms with E-state index in [-0.39, 0.29) is 21.7 Å². The molecule has 5 rings (SSSR count). The van der Waals surface area contributed by atoms with Gasteiger partial charge in [-0.15, -0.1) is 0 Å². The first-order valence-electron chi connectivity index (χ1n) is 11.3. The number of hydrogen-bond donors (Lipinski definition) is 1. The average molecular weight is 522 g/mol. The number of nitrogens with one attached hydrogen (secondary N) is 1. The number of sulfonamides is 1. The van der Waals surface area contributed by atoms with Gasteiger partial charge in [0, 0.05) is 48.8 Å². The summed E-state index contributed by atoms with van der Waals surface area (Å²) in [6, 6.07) is 15.2. The van der Waals surface area contributed by atoms with Crippen molar-refractivity contribution in [2.24, 2.45) is 0 Å². The maximum absolute atomic E-state index is 13.9. The van der Waals surface area contributed by atoms with Crippen LogP contribution in [0.5, 0.6) is 0 Å². The molecule has 3 heterocycles. The minimum atomic E-state index is -3.65. The van der Waals surface area contributed by atoms with Crippen LogP contribution in [0.25, 0.3) is 21.9 Å². The van der Waals surface area contributed by atoms with Crippen LogP contribution in [0.1, 0.15) is 18.4 Å². The van der Waals surface area contributed by atoms with Crippen molar-refractivity contribution in [3.05, 3.63) is 83.7 Å². The Hall–Kier alpha value is -3.58. The smallest absolute Gasteiger partial charge is 0.244 e. The Morgan fingerprint density at radius 3 is 2.58 bits per heavy atom. The zero-order valence-corrected chi connectivity index (χ0v) is 20.6. The van der Waals surface area contributed by atoms with E-state index in [4.69, 9.17) is 11.6 Å². The highest BCUT2D eigenvalue weighted by atomic mass is 35.5. The van der Waals surface area contributed by atoms with Crippen molar-refractivity contribution in [2.45, 2.75) is 23.8 Å². The van der Waals surface area contributed by atoms with Crippen molar-refractivity contribution in [3.63, 3.8) is 0 Å². The minimum absolute atomic E-state index is 0.0127. The highest BCUT2D eigenvalue weighted by molar-refractivity contribution is 7.89. The van der Waals surface area contributed by atoms with E-state index in [1.807, 2.05) is 24.3 Å². The SMILES string of the molecule is N#Cc1cc(-c2cc(NC3CCN(S(=O)(=O)c4ccc(Cl)nc4)CC3)c3cnccc3c2)ccc1F. The highest BCUT2D eigenvalue weighted by Gasteiger charge is 2.30. The summed E-state index contributed by atoms with van der Waals surface area (Å²) >= 11 is 5.79. The molecule has 4 aromatic rings. The summed E-state index contributed by atoms with van der Waals surface area (Å²) in [6.45, 7) is 0.726. The molecule has 0 amide bonds. The number of anilines is 1. The van der Waals surface area contributed by atoms with Crippen molar-refractivity contribution in [2.75, 3.05) is 18.4 Å². The van der Waals surface area contributed by atoms with Crippen molar-refractivity contribution in [3.8, 4) is 17.2 Å². The van der Waals surface area contributed by atoms with Crippen LogP contribution in [0.3, 0.4) is 0 Å². The van der Waals surface area contributed by atoms with Gasteiger partial charge in [-0.05, 0) is 71.8 Å². The number of fused-ring (bicyclic) bond motifs is 1. The maximum atomic E-state index is 13.9. The summed E-state index contributed by atoms with van der Waals surface area (Å²) in [6.07, 6.45) is 5.98. The standard InChI is InChI=1S/C26H21ClFN5O2S/c27-26-4-2-22(15-31-26)36(34,35)33-9-6-21(7-10-33)32-25-13-19(12-18-5-8-30-16-23(18)25)17-1-3-24(28)20(11-17)14-29/h1-5,8,11-13,15-16,21,32H,6-7,9-10H2. The van der Waals surface area contributed by atoms with Gasteiger partial charge in [0.1, 0.15) is 21.9 Å². The third-order valence-corrected chi connectivity index (χ3v) is 8.43. The largest absolute Gasteiger partial charge is 0.382 e. The Morgan fingerprint density at radius 1 is 1.06 bits per heavy atom. The Kier molecular flexibility index (Phi) is 6.58. The van der Waals surface area contributed by atoms with Gasteiger partial charge in [0.15, 0.2) is 0 Å². The normalized spacial score (nSPS) is 15.0. The van der Waals surface area contributed by atoms with Crippen molar-refractivity contribution in [1.29, 1.82) is 5.26 Å². The molecule has 0 spiro atoms. The number of pyridine rings is 2. The molecule has 0 saturated carbocycles. The summed E-state index contributed by atoms with van der Waals surface area (Å²) in [5.41, 5.74) is 2.40. The summed E-state index contributed by atoms with van der Waals surface area (Å²) in [7, 11) is -3.65. The summed E-state index contributed by atoms with van der Waals surface area (Å²) < 4.78 is 41.3. The van der Waals surface area contributed by atoms with E-state index < -0.39 is 15.8 Å². The molecule has 1 aliphatic heterocycles. The predicted molar refractivity (Wildman–Crippen MR) is 137 cm³/mol. The Morgan fingerprint density at radius 2 is 1.86 bits per heavy atom. The Bertz CT molecular complexity index is 1580. The van der Waals surface area contributed by atoms with Gasteiger partial charge in [-0.25, -0.2) is 17.8 Å². The van der Waals surface area contributed by atoms with Gasteiger partial charge in [0.2, 0.25) is 10.0 Å². The molecule has 0 aliphatic carbocycles. The lowest BCUT2D eigenvalue weighted by molar-refractivity contribution is 0.330. The maximum Gasteiger partial charge on any atom is 0.244 e. The van der Waals surface area contributed by atoms with E-state index in [2.05, 4.69) is 15.3 Å². The molecule has 2 aromatic carbocycles. The lowest BCUT2D eigenvalue weighted by Gasteiger charge is -2.32. The summed E-state index contributed by atoms with van der Waals surface area (Å²) in [5, 5.41) is 14.9. The molecule has 0 radical (unpaired) electrons. The minimum Gasteiger partial charge on any atom is -0.382 e. The zero-order valence-electron chi connectivity index (χ0n) is 19.0. The summed E-state index contributed by atoms with van der Waals surface area (Å²) in [4.78, 5) is 8.27. The number of piperidine rings is 1. The van der Waals surface area contributed by atoms with Gasteiger partial charge >= 0.3 is 0 Å². The molecule has 0 atom stereocenters. The molecule has 0 unspecified atom stereocenters. The Labute approximate surface area is 213 Å². The third-order valence-electron chi connectivity index (χ3n) is 6.33. The fourth-order valence-corrected chi connectivity index (χ4v) is 5.93. The molecule has 0 bridgehead atoms. The number of aromatic nitrogens is 2. The van der Waals surface area contributed by atoms with Gasteiger partial charge in [-0.3, -0.25) is 4.98 Å². The van der Waals surface area contributed by atoms with Crippen LogP contribution in [0, 0.1) is 17.1 Å². The first kappa shape index (κ1) is 24.1. The first-order valence-corrected chi connectivity index (χ1v) is 13.1. The monoisotopic (exact) mass is 521 g/mol. The molecule has 182 valence electrons. The lowest BCUT2D eigenvalue weighted by Crippen LogP contribution is -2.42. The first-order chi connectivity index (χ1) is 17.3. The van der Waals surface area contributed by atoms with Gasteiger partial charge in [-0.1, -0.05) is 17.7 Å². The van der Waals surface area contributed by atoms with Gasteiger partial charge in [0.25, 0.3) is 0 Å². The summed E-state index contributed by atoms with van der Waals surface area (Å²) in [5.74, 6) is -0.555. The zero-order chi connectivity index (χ0) is 25.3. The van der Waals surface area contributed by atoms with E-state index in [1.54, 1.807) is 18.5 Å². The van der Waals surface area contributed by atoms with E-state index in [0.717, 1.165) is 27.6 Å². The van der Waals surface area contributed by atoms with Gasteiger partial charge in [-0.2, -0.15) is 9.57 Å². The molecule has 1 saturated heterocycles. The number of hydrogen-bond acceptors (Lipinski definition) is 6. The quantitative estimate of drug-likeness (QED) is 0.361. The van der Waals surface area contributed by atoms with Crippen molar-refractivity contribution in [1.82, 2.24) is 14.3 Å². The molecular formula is C26H21ClFN5O2S. The second-order valence-corrected chi connectivity index (χ2v) is 10.9. The molecule has 1 fully saturated rings. The van der Waals surface area contributed by atoms with Crippen LogP contribution in [0.15, 0.2) is 72.0 Å².